The minimum Gasteiger partial charge on any atom is -0.381 e. The third-order valence-corrected chi connectivity index (χ3v) is 4.24. The van der Waals surface area contributed by atoms with Crippen LogP contribution in [0.2, 0.25) is 0 Å². The summed E-state index contributed by atoms with van der Waals surface area (Å²) < 4.78 is 5.50. The van der Waals surface area contributed by atoms with Crippen LogP contribution in [0.15, 0.2) is 0 Å². The van der Waals surface area contributed by atoms with E-state index in [0.29, 0.717) is 6.04 Å². The summed E-state index contributed by atoms with van der Waals surface area (Å²) in [6, 6.07) is 1.45. The van der Waals surface area contributed by atoms with Gasteiger partial charge in [-0.15, -0.1) is 0 Å². The van der Waals surface area contributed by atoms with Gasteiger partial charge in [0.15, 0.2) is 0 Å². The van der Waals surface area contributed by atoms with Crippen LogP contribution in [0.3, 0.4) is 0 Å². The van der Waals surface area contributed by atoms with Crippen molar-refractivity contribution >= 4 is 0 Å². The molecule has 1 N–H and O–H groups in total. The third kappa shape index (κ3) is 3.67. The Labute approximate surface area is 106 Å². The third-order valence-electron chi connectivity index (χ3n) is 4.24. The van der Waals surface area contributed by atoms with Crippen LogP contribution in [0.5, 0.6) is 0 Å². The fourth-order valence-corrected chi connectivity index (χ4v) is 3.16. The molecule has 0 spiro atoms. The van der Waals surface area contributed by atoms with E-state index in [4.69, 9.17) is 4.74 Å². The molecule has 2 fully saturated rings. The van der Waals surface area contributed by atoms with Gasteiger partial charge in [0.25, 0.3) is 0 Å². The Balaban J connectivity index is 1.85. The van der Waals surface area contributed by atoms with Gasteiger partial charge in [0.2, 0.25) is 0 Å². The van der Waals surface area contributed by atoms with Gasteiger partial charge >= 0.3 is 0 Å². The summed E-state index contributed by atoms with van der Waals surface area (Å²) in [6.07, 6.45) is 5.13. The van der Waals surface area contributed by atoms with E-state index in [1.807, 2.05) is 0 Å². The van der Waals surface area contributed by atoms with E-state index in [2.05, 4.69) is 24.1 Å². The Kier molecular flexibility index (Phi) is 5.26. The Bertz CT molecular complexity index is 216. The molecule has 2 aliphatic rings. The molecule has 2 aliphatic heterocycles. The fourth-order valence-electron chi connectivity index (χ4n) is 3.16. The molecule has 0 amide bonds. The monoisotopic (exact) mass is 240 g/mol. The molecule has 3 atom stereocenters. The molecular weight excluding hydrogens is 212 g/mol. The summed E-state index contributed by atoms with van der Waals surface area (Å²) >= 11 is 0. The van der Waals surface area contributed by atoms with Crippen molar-refractivity contribution in [1.29, 1.82) is 0 Å². The minimum absolute atomic E-state index is 0.713. The van der Waals surface area contributed by atoms with Crippen LogP contribution in [0.1, 0.15) is 39.5 Å². The molecule has 0 bridgehead atoms. The van der Waals surface area contributed by atoms with Gasteiger partial charge in [0.1, 0.15) is 0 Å². The van der Waals surface area contributed by atoms with E-state index in [-0.39, 0.29) is 0 Å². The number of hydrogen-bond acceptors (Lipinski definition) is 3. The second-order valence-electron chi connectivity index (χ2n) is 5.64. The van der Waals surface area contributed by atoms with Crippen LogP contribution in [0.4, 0.5) is 0 Å². The summed E-state index contributed by atoms with van der Waals surface area (Å²) in [4.78, 5) is 2.72. The number of ether oxygens (including phenoxy) is 1. The predicted octanol–water partition coefficient (Wildman–Crippen LogP) is 1.88. The van der Waals surface area contributed by atoms with Crippen LogP contribution in [0.25, 0.3) is 0 Å². The first-order chi connectivity index (χ1) is 8.33. The summed E-state index contributed by atoms with van der Waals surface area (Å²) in [7, 11) is 0. The molecule has 0 aromatic rings. The van der Waals surface area contributed by atoms with Crippen molar-refractivity contribution in [2.24, 2.45) is 5.92 Å². The smallest absolute Gasteiger partial charge is 0.0507 e. The first kappa shape index (κ1) is 13.3. The van der Waals surface area contributed by atoms with Crippen LogP contribution < -0.4 is 5.32 Å². The molecule has 2 saturated heterocycles. The predicted molar refractivity (Wildman–Crippen MR) is 71.3 cm³/mol. The highest BCUT2D eigenvalue weighted by Crippen LogP contribution is 2.19. The standard InChI is InChI=1S/C14H28N2O/c1-3-5-13-10-16(14(4-2)8-15-13)9-12-6-7-17-11-12/h12-15H,3-11H2,1-2H3. The molecule has 100 valence electrons. The average molecular weight is 240 g/mol. The maximum absolute atomic E-state index is 5.50. The first-order valence-electron chi connectivity index (χ1n) is 7.38. The highest BCUT2D eigenvalue weighted by Gasteiger charge is 2.29. The number of piperazine rings is 1. The van der Waals surface area contributed by atoms with Gasteiger partial charge in [-0.05, 0) is 25.2 Å². The van der Waals surface area contributed by atoms with Crippen LogP contribution in [0, 0.1) is 5.92 Å². The number of nitrogens with one attached hydrogen (secondary N) is 1. The van der Waals surface area contributed by atoms with E-state index in [9.17, 15) is 0 Å². The minimum atomic E-state index is 0.713. The lowest BCUT2D eigenvalue weighted by Gasteiger charge is -2.41. The van der Waals surface area contributed by atoms with Crippen molar-refractivity contribution in [3.8, 4) is 0 Å². The summed E-state index contributed by atoms with van der Waals surface area (Å²) in [5.41, 5.74) is 0. The topological polar surface area (TPSA) is 24.5 Å². The summed E-state index contributed by atoms with van der Waals surface area (Å²) in [5, 5.41) is 3.70. The zero-order valence-electron chi connectivity index (χ0n) is 11.5. The molecule has 0 aliphatic carbocycles. The Morgan fingerprint density at radius 3 is 2.88 bits per heavy atom. The van der Waals surface area contributed by atoms with Crippen molar-refractivity contribution in [1.82, 2.24) is 10.2 Å². The van der Waals surface area contributed by atoms with Crippen molar-refractivity contribution < 1.29 is 4.74 Å². The Morgan fingerprint density at radius 1 is 1.35 bits per heavy atom. The molecule has 0 radical (unpaired) electrons. The van der Waals surface area contributed by atoms with E-state index in [1.54, 1.807) is 0 Å². The zero-order valence-corrected chi connectivity index (χ0v) is 11.5. The van der Waals surface area contributed by atoms with E-state index in [0.717, 1.165) is 25.2 Å². The van der Waals surface area contributed by atoms with Gasteiger partial charge in [-0.25, -0.2) is 0 Å². The second-order valence-corrected chi connectivity index (χ2v) is 5.64. The molecule has 0 aromatic heterocycles. The van der Waals surface area contributed by atoms with E-state index in [1.165, 1.54) is 45.3 Å². The van der Waals surface area contributed by atoms with E-state index >= 15 is 0 Å². The molecule has 3 unspecified atom stereocenters. The van der Waals surface area contributed by atoms with Crippen molar-refractivity contribution in [2.75, 3.05) is 32.8 Å². The van der Waals surface area contributed by atoms with Gasteiger partial charge in [0, 0.05) is 38.3 Å². The maximum Gasteiger partial charge on any atom is 0.0507 e. The van der Waals surface area contributed by atoms with Crippen molar-refractivity contribution in [3.05, 3.63) is 0 Å². The normalized spacial score (nSPS) is 35.3. The molecule has 0 aromatic carbocycles. The summed E-state index contributed by atoms with van der Waals surface area (Å²) in [6.45, 7) is 10.2. The Morgan fingerprint density at radius 2 is 2.24 bits per heavy atom. The maximum atomic E-state index is 5.50. The van der Waals surface area contributed by atoms with Gasteiger partial charge in [-0.3, -0.25) is 4.90 Å². The lowest BCUT2D eigenvalue weighted by Crippen LogP contribution is -2.57. The van der Waals surface area contributed by atoms with Gasteiger partial charge in [-0.2, -0.15) is 0 Å². The lowest BCUT2D eigenvalue weighted by molar-refractivity contribution is 0.0968. The second kappa shape index (κ2) is 6.72. The SMILES string of the molecule is CCCC1CN(CC2CCOC2)C(CC)CN1. The number of nitrogens with zero attached hydrogens (tertiary/aromatic N) is 1. The number of hydrogen-bond donors (Lipinski definition) is 1. The lowest BCUT2D eigenvalue weighted by atomic mass is 10.0. The van der Waals surface area contributed by atoms with Crippen LogP contribution in [-0.4, -0.2) is 49.8 Å². The van der Waals surface area contributed by atoms with Gasteiger partial charge in [0.05, 0.1) is 6.61 Å². The molecule has 2 rings (SSSR count). The molecule has 0 saturated carbocycles. The van der Waals surface area contributed by atoms with Gasteiger partial charge < -0.3 is 10.1 Å². The van der Waals surface area contributed by atoms with Crippen LogP contribution in [-0.2, 0) is 4.74 Å². The zero-order chi connectivity index (χ0) is 12.1. The summed E-state index contributed by atoms with van der Waals surface area (Å²) in [5.74, 6) is 0.782. The highest BCUT2D eigenvalue weighted by atomic mass is 16.5. The Hall–Kier alpha value is -0.120. The quantitative estimate of drug-likeness (QED) is 0.794. The molecular formula is C14H28N2O. The molecule has 3 heteroatoms. The van der Waals surface area contributed by atoms with E-state index < -0.39 is 0 Å². The largest absolute Gasteiger partial charge is 0.381 e. The van der Waals surface area contributed by atoms with Crippen molar-refractivity contribution in [3.63, 3.8) is 0 Å². The average Bonchev–Trinajstić information content (AvgIpc) is 2.83. The van der Waals surface area contributed by atoms with Crippen LogP contribution >= 0.6 is 0 Å². The number of rotatable bonds is 5. The highest BCUT2D eigenvalue weighted by molar-refractivity contribution is 4.86. The van der Waals surface area contributed by atoms with Crippen molar-refractivity contribution in [2.45, 2.75) is 51.6 Å². The fraction of sp³-hybridized carbons (Fsp3) is 1.00. The first-order valence-corrected chi connectivity index (χ1v) is 7.38. The van der Waals surface area contributed by atoms with Gasteiger partial charge in [-0.1, -0.05) is 20.3 Å². The molecule has 17 heavy (non-hydrogen) atoms. The molecule has 2 heterocycles. The molecule has 3 nitrogen and oxygen atoms in total.